The fraction of sp³-hybridized carbons (Fsp3) is 0.333. The van der Waals surface area contributed by atoms with Gasteiger partial charge in [0.1, 0.15) is 5.84 Å². The molecule has 0 atom stereocenters. The number of halogens is 1. The fourth-order valence-corrected chi connectivity index (χ4v) is 1.13. The SMILES string of the molecule is C=Nc1c(Cl)cccc1C(=N)N.CC(C)(C)N. The maximum atomic E-state index is 7.21. The Morgan fingerprint density at radius 1 is 1.41 bits per heavy atom. The van der Waals surface area contributed by atoms with Crippen molar-refractivity contribution in [2.45, 2.75) is 26.3 Å². The first-order chi connectivity index (χ1) is 7.66. The van der Waals surface area contributed by atoms with Crippen LogP contribution >= 0.6 is 11.6 Å². The molecule has 17 heavy (non-hydrogen) atoms. The van der Waals surface area contributed by atoms with Crippen LogP contribution < -0.4 is 11.5 Å². The van der Waals surface area contributed by atoms with Crippen molar-refractivity contribution in [3.8, 4) is 0 Å². The summed E-state index contributed by atoms with van der Waals surface area (Å²) in [5.41, 5.74) is 11.6. The maximum Gasteiger partial charge on any atom is 0.125 e. The van der Waals surface area contributed by atoms with Crippen LogP contribution in [0.2, 0.25) is 5.02 Å². The van der Waals surface area contributed by atoms with Crippen LogP contribution in [0.25, 0.3) is 0 Å². The Morgan fingerprint density at radius 3 is 2.18 bits per heavy atom. The molecule has 1 aromatic rings. The summed E-state index contributed by atoms with van der Waals surface area (Å²) in [5, 5.41) is 7.66. The second-order valence-corrected chi connectivity index (χ2v) is 4.98. The van der Waals surface area contributed by atoms with E-state index < -0.39 is 0 Å². The number of amidine groups is 1. The zero-order valence-corrected chi connectivity index (χ0v) is 11.2. The molecule has 0 fully saturated rings. The first-order valence-electron chi connectivity index (χ1n) is 5.05. The molecule has 0 aliphatic heterocycles. The van der Waals surface area contributed by atoms with Crippen molar-refractivity contribution in [1.29, 1.82) is 5.41 Å². The van der Waals surface area contributed by atoms with Crippen LogP contribution in [0.1, 0.15) is 26.3 Å². The number of para-hydroxylation sites is 1. The van der Waals surface area contributed by atoms with Gasteiger partial charge in [0.2, 0.25) is 0 Å². The molecule has 0 aliphatic carbocycles. The highest BCUT2D eigenvalue weighted by atomic mass is 35.5. The lowest BCUT2D eigenvalue weighted by molar-refractivity contribution is 0.580. The van der Waals surface area contributed by atoms with Gasteiger partial charge in [0.25, 0.3) is 0 Å². The van der Waals surface area contributed by atoms with Gasteiger partial charge < -0.3 is 11.5 Å². The molecule has 4 nitrogen and oxygen atoms in total. The number of nitrogens with zero attached hydrogens (tertiary/aromatic N) is 1. The molecular formula is C12H19ClN4. The summed E-state index contributed by atoms with van der Waals surface area (Å²) in [6.07, 6.45) is 0. The zero-order valence-electron chi connectivity index (χ0n) is 10.4. The predicted molar refractivity (Wildman–Crippen MR) is 75.6 cm³/mol. The van der Waals surface area contributed by atoms with E-state index in [0.29, 0.717) is 16.3 Å². The van der Waals surface area contributed by atoms with Gasteiger partial charge in [0, 0.05) is 11.1 Å². The summed E-state index contributed by atoms with van der Waals surface area (Å²) in [6, 6.07) is 5.07. The van der Waals surface area contributed by atoms with Gasteiger partial charge in [-0.15, -0.1) is 0 Å². The summed E-state index contributed by atoms with van der Waals surface area (Å²) in [7, 11) is 0. The number of hydrogen-bond acceptors (Lipinski definition) is 3. The predicted octanol–water partition coefficient (Wildman–Crippen LogP) is 2.70. The number of nitrogens with two attached hydrogens (primary N) is 2. The van der Waals surface area contributed by atoms with Crippen LogP contribution in [0.4, 0.5) is 5.69 Å². The van der Waals surface area contributed by atoms with Gasteiger partial charge in [0.15, 0.2) is 0 Å². The van der Waals surface area contributed by atoms with E-state index in [1.165, 1.54) is 0 Å². The molecule has 0 saturated carbocycles. The second kappa shape index (κ2) is 6.37. The van der Waals surface area contributed by atoms with E-state index in [0.717, 1.165) is 0 Å². The van der Waals surface area contributed by atoms with Crippen molar-refractivity contribution in [3.63, 3.8) is 0 Å². The molecule has 5 heteroatoms. The Bertz CT molecular complexity index is 401. The summed E-state index contributed by atoms with van der Waals surface area (Å²) in [6.45, 7) is 9.24. The molecule has 5 N–H and O–H groups in total. The van der Waals surface area contributed by atoms with Crippen molar-refractivity contribution in [3.05, 3.63) is 28.8 Å². The lowest BCUT2D eigenvalue weighted by Gasteiger charge is -2.06. The minimum absolute atomic E-state index is 0. The summed E-state index contributed by atoms with van der Waals surface area (Å²) < 4.78 is 0. The van der Waals surface area contributed by atoms with E-state index in [1.54, 1.807) is 18.2 Å². The fourth-order valence-electron chi connectivity index (χ4n) is 0.893. The number of benzene rings is 1. The molecule has 0 spiro atoms. The van der Waals surface area contributed by atoms with E-state index >= 15 is 0 Å². The van der Waals surface area contributed by atoms with Crippen LogP contribution in [-0.4, -0.2) is 18.1 Å². The highest BCUT2D eigenvalue weighted by Gasteiger charge is 2.06. The Balaban J connectivity index is 0.000000437. The van der Waals surface area contributed by atoms with Gasteiger partial charge in [-0.05, 0) is 39.6 Å². The lowest BCUT2D eigenvalue weighted by atomic mass is 10.1. The Hall–Kier alpha value is -1.39. The molecular weight excluding hydrogens is 236 g/mol. The first-order valence-corrected chi connectivity index (χ1v) is 5.43. The van der Waals surface area contributed by atoms with Crippen LogP contribution in [0, 0.1) is 5.41 Å². The monoisotopic (exact) mass is 254 g/mol. The third-order valence-corrected chi connectivity index (χ3v) is 1.74. The van der Waals surface area contributed by atoms with Crippen LogP contribution in [0.3, 0.4) is 0 Å². The average molecular weight is 255 g/mol. The largest absolute Gasteiger partial charge is 0.384 e. The van der Waals surface area contributed by atoms with Gasteiger partial charge in [-0.1, -0.05) is 17.7 Å². The zero-order chi connectivity index (χ0) is 13.6. The van der Waals surface area contributed by atoms with E-state index in [2.05, 4.69) is 11.7 Å². The third kappa shape index (κ3) is 6.71. The topological polar surface area (TPSA) is 88.2 Å². The summed E-state index contributed by atoms with van der Waals surface area (Å²) >= 11 is 5.79. The number of aliphatic imine (C=N–C) groups is 1. The lowest BCUT2D eigenvalue weighted by Crippen LogP contribution is -2.26. The molecule has 0 unspecified atom stereocenters. The molecule has 1 rings (SSSR count). The van der Waals surface area contributed by atoms with Gasteiger partial charge in [-0.2, -0.15) is 0 Å². The van der Waals surface area contributed by atoms with E-state index in [1.807, 2.05) is 20.8 Å². The third-order valence-electron chi connectivity index (χ3n) is 1.44. The van der Waals surface area contributed by atoms with Gasteiger partial charge in [-0.3, -0.25) is 10.4 Å². The number of nitrogen functional groups attached to an aromatic ring is 1. The van der Waals surface area contributed by atoms with Gasteiger partial charge in [-0.25, -0.2) is 0 Å². The molecule has 0 aromatic heterocycles. The van der Waals surface area contributed by atoms with Crippen molar-refractivity contribution in [2.75, 3.05) is 0 Å². The summed E-state index contributed by atoms with van der Waals surface area (Å²) in [4.78, 5) is 3.69. The minimum Gasteiger partial charge on any atom is -0.384 e. The molecule has 0 amide bonds. The van der Waals surface area contributed by atoms with Crippen molar-refractivity contribution in [1.82, 2.24) is 0 Å². The van der Waals surface area contributed by atoms with E-state index in [9.17, 15) is 0 Å². The van der Waals surface area contributed by atoms with Crippen LogP contribution in [0.15, 0.2) is 23.2 Å². The Morgan fingerprint density at radius 2 is 1.88 bits per heavy atom. The average Bonchev–Trinajstić information content (AvgIpc) is 2.14. The van der Waals surface area contributed by atoms with Gasteiger partial charge in [0.05, 0.1) is 10.7 Å². The van der Waals surface area contributed by atoms with Crippen molar-refractivity contribution < 1.29 is 0 Å². The Kier molecular flexibility index (Phi) is 5.85. The minimum atomic E-state index is -0.0556. The molecule has 94 valence electrons. The van der Waals surface area contributed by atoms with Crippen molar-refractivity contribution in [2.24, 2.45) is 16.5 Å². The molecule has 0 bridgehead atoms. The smallest absolute Gasteiger partial charge is 0.125 e. The van der Waals surface area contributed by atoms with E-state index in [4.69, 9.17) is 28.5 Å². The molecule has 1 aromatic carbocycles. The summed E-state index contributed by atoms with van der Waals surface area (Å²) in [5.74, 6) is -0.0556. The van der Waals surface area contributed by atoms with Crippen LogP contribution in [-0.2, 0) is 0 Å². The quantitative estimate of drug-likeness (QED) is 0.560. The Labute approximate surface area is 107 Å². The highest BCUT2D eigenvalue weighted by molar-refractivity contribution is 6.33. The van der Waals surface area contributed by atoms with E-state index in [-0.39, 0.29) is 11.4 Å². The first kappa shape index (κ1) is 15.6. The molecule has 0 saturated heterocycles. The maximum absolute atomic E-state index is 7.21. The molecule has 0 heterocycles. The molecule has 0 radical (unpaired) electrons. The second-order valence-electron chi connectivity index (χ2n) is 4.57. The molecule has 0 aliphatic rings. The standard InChI is InChI=1S/C8H8ClN3.C4H11N/c1-12-7-5(8(10)11)3-2-4-6(7)9;1-4(2,3)5/h2-4H,1H2,(H3,10,11);5H2,1-3H3. The number of hydrogen-bond donors (Lipinski definition) is 3. The highest BCUT2D eigenvalue weighted by Crippen LogP contribution is 2.27. The normalized spacial score (nSPS) is 10.2. The number of nitrogens with one attached hydrogen (secondary N) is 1. The van der Waals surface area contributed by atoms with Gasteiger partial charge >= 0.3 is 0 Å². The number of rotatable bonds is 2. The van der Waals surface area contributed by atoms with Crippen molar-refractivity contribution >= 4 is 29.8 Å². The van der Waals surface area contributed by atoms with Crippen LogP contribution in [0.5, 0.6) is 0 Å².